The molecule has 2 N–H and O–H groups in total. The summed E-state index contributed by atoms with van der Waals surface area (Å²) in [5.74, 6) is -0.914. The van der Waals surface area contributed by atoms with Crippen molar-refractivity contribution in [1.82, 2.24) is 19.1 Å². The summed E-state index contributed by atoms with van der Waals surface area (Å²) in [6, 6.07) is 0. The standard InChI is InChI=1S/C7H6F3N5S/c1-3-2-15(13-4(3)11)6-12-5(14-16-6)7(8,9)10/h2H,1H3,(H2,11,13). The molecule has 0 aromatic carbocycles. The van der Waals surface area contributed by atoms with Crippen LogP contribution in [0.4, 0.5) is 19.0 Å². The van der Waals surface area contributed by atoms with E-state index >= 15 is 0 Å². The Labute approximate surface area is 91.9 Å². The van der Waals surface area contributed by atoms with Crippen LogP contribution in [0.5, 0.6) is 0 Å². The van der Waals surface area contributed by atoms with Crippen molar-refractivity contribution < 1.29 is 13.2 Å². The van der Waals surface area contributed by atoms with Crippen molar-refractivity contribution >= 4 is 17.4 Å². The van der Waals surface area contributed by atoms with Gasteiger partial charge in [0.15, 0.2) is 0 Å². The Kier molecular flexibility index (Phi) is 2.34. The SMILES string of the molecule is Cc1cn(-c2nc(C(F)(F)F)ns2)nc1N. The van der Waals surface area contributed by atoms with Gasteiger partial charge in [-0.1, -0.05) is 0 Å². The van der Waals surface area contributed by atoms with Gasteiger partial charge in [0.1, 0.15) is 5.82 Å². The van der Waals surface area contributed by atoms with Crippen molar-refractivity contribution in [3.05, 3.63) is 17.6 Å². The molecule has 0 aliphatic rings. The third kappa shape index (κ3) is 1.85. The maximum Gasteiger partial charge on any atom is 0.452 e. The highest BCUT2D eigenvalue weighted by Crippen LogP contribution is 2.28. The fourth-order valence-electron chi connectivity index (χ4n) is 0.995. The quantitative estimate of drug-likeness (QED) is 0.834. The van der Waals surface area contributed by atoms with E-state index in [1.54, 1.807) is 6.92 Å². The maximum atomic E-state index is 12.2. The lowest BCUT2D eigenvalue weighted by Crippen LogP contribution is -2.07. The van der Waals surface area contributed by atoms with Crippen LogP contribution in [0.15, 0.2) is 6.20 Å². The smallest absolute Gasteiger partial charge is 0.382 e. The number of hydrogen-bond donors (Lipinski definition) is 1. The van der Waals surface area contributed by atoms with Crippen LogP contribution < -0.4 is 5.73 Å². The van der Waals surface area contributed by atoms with E-state index in [9.17, 15) is 13.2 Å². The van der Waals surface area contributed by atoms with Gasteiger partial charge in [-0.2, -0.15) is 22.5 Å². The Balaban J connectivity index is 2.39. The number of alkyl halides is 3. The summed E-state index contributed by atoms with van der Waals surface area (Å²) in [5.41, 5.74) is 6.14. The summed E-state index contributed by atoms with van der Waals surface area (Å²) >= 11 is 0.615. The minimum absolute atomic E-state index is 0.0344. The van der Waals surface area contributed by atoms with Crippen molar-refractivity contribution in [2.45, 2.75) is 13.1 Å². The molecule has 0 saturated carbocycles. The van der Waals surface area contributed by atoms with Crippen LogP contribution in [0.25, 0.3) is 5.13 Å². The van der Waals surface area contributed by atoms with E-state index in [4.69, 9.17) is 5.73 Å². The lowest BCUT2D eigenvalue weighted by atomic mass is 10.4. The largest absolute Gasteiger partial charge is 0.452 e. The summed E-state index contributed by atoms with van der Waals surface area (Å²) in [4.78, 5) is 3.33. The topological polar surface area (TPSA) is 69.6 Å². The zero-order valence-corrected chi connectivity index (χ0v) is 8.80. The molecule has 5 nitrogen and oxygen atoms in total. The molecule has 2 rings (SSSR count). The second kappa shape index (κ2) is 3.44. The molecule has 2 aromatic heterocycles. The van der Waals surface area contributed by atoms with Gasteiger partial charge in [0.05, 0.1) is 0 Å². The molecule has 0 atom stereocenters. The van der Waals surface area contributed by atoms with Crippen LogP contribution in [0.2, 0.25) is 0 Å². The zero-order chi connectivity index (χ0) is 11.9. The molecule has 0 aliphatic heterocycles. The number of nitrogens with zero attached hydrogens (tertiary/aromatic N) is 4. The summed E-state index contributed by atoms with van der Waals surface area (Å²) in [5, 5.41) is 3.85. The highest BCUT2D eigenvalue weighted by molar-refractivity contribution is 7.08. The van der Waals surface area contributed by atoms with Gasteiger partial charge in [0, 0.05) is 23.3 Å². The van der Waals surface area contributed by atoms with Gasteiger partial charge in [-0.05, 0) is 6.92 Å². The van der Waals surface area contributed by atoms with Crippen molar-refractivity contribution in [1.29, 1.82) is 0 Å². The highest BCUT2D eigenvalue weighted by atomic mass is 32.1. The van der Waals surface area contributed by atoms with Gasteiger partial charge in [0.25, 0.3) is 0 Å². The van der Waals surface area contributed by atoms with Gasteiger partial charge >= 0.3 is 6.18 Å². The number of halogens is 3. The molecule has 0 spiro atoms. The summed E-state index contributed by atoms with van der Waals surface area (Å²) < 4.78 is 41.1. The van der Waals surface area contributed by atoms with E-state index in [-0.39, 0.29) is 10.9 Å². The number of rotatable bonds is 1. The Morgan fingerprint density at radius 2 is 2.12 bits per heavy atom. The van der Waals surface area contributed by atoms with E-state index in [1.165, 1.54) is 10.9 Å². The van der Waals surface area contributed by atoms with Gasteiger partial charge < -0.3 is 5.73 Å². The van der Waals surface area contributed by atoms with Crippen LogP contribution in [0, 0.1) is 6.92 Å². The molecule has 16 heavy (non-hydrogen) atoms. The van der Waals surface area contributed by atoms with E-state index in [1.807, 2.05) is 0 Å². The lowest BCUT2D eigenvalue weighted by Gasteiger charge is -1.97. The normalized spacial score (nSPS) is 12.0. The van der Waals surface area contributed by atoms with Crippen LogP contribution in [-0.4, -0.2) is 19.1 Å². The fourth-order valence-corrected chi connectivity index (χ4v) is 1.61. The van der Waals surface area contributed by atoms with Crippen molar-refractivity contribution in [3.63, 3.8) is 0 Å². The Morgan fingerprint density at radius 3 is 2.56 bits per heavy atom. The third-order valence-electron chi connectivity index (χ3n) is 1.80. The van der Waals surface area contributed by atoms with Crippen LogP contribution in [0.3, 0.4) is 0 Å². The summed E-state index contributed by atoms with van der Waals surface area (Å²) in [6.45, 7) is 1.70. The molecular formula is C7H6F3N5S. The molecule has 86 valence electrons. The average molecular weight is 249 g/mol. The van der Waals surface area contributed by atoms with Gasteiger partial charge in [-0.25, -0.2) is 4.68 Å². The molecule has 2 aromatic rings. The first-order chi connectivity index (χ1) is 7.38. The molecule has 0 aliphatic carbocycles. The monoisotopic (exact) mass is 249 g/mol. The highest BCUT2D eigenvalue weighted by Gasteiger charge is 2.36. The molecule has 0 fully saturated rings. The van der Waals surface area contributed by atoms with E-state index < -0.39 is 12.0 Å². The second-order valence-corrected chi connectivity index (χ2v) is 3.77. The molecule has 0 saturated heterocycles. The molecule has 0 amide bonds. The van der Waals surface area contributed by atoms with Crippen molar-refractivity contribution in [3.8, 4) is 5.13 Å². The first kappa shape index (κ1) is 10.9. The number of aryl methyl sites for hydroxylation is 1. The van der Waals surface area contributed by atoms with Crippen LogP contribution in [-0.2, 0) is 6.18 Å². The molecule has 9 heteroatoms. The van der Waals surface area contributed by atoms with Crippen molar-refractivity contribution in [2.24, 2.45) is 0 Å². The van der Waals surface area contributed by atoms with Crippen molar-refractivity contribution in [2.75, 3.05) is 5.73 Å². The first-order valence-electron chi connectivity index (χ1n) is 4.11. The van der Waals surface area contributed by atoms with Crippen LogP contribution >= 0.6 is 11.5 Å². The molecular weight excluding hydrogens is 243 g/mol. The van der Waals surface area contributed by atoms with E-state index in [0.717, 1.165) is 0 Å². The molecule has 0 bridgehead atoms. The summed E-state index contributed by atoms with van der Waals surface area (Å²) in [6.07, 6.45) is -3.04. The fraction of sp³-hybridized carbons (Fsp3) is 0.286. The average Bonchev–Trinajstić information content (AvgIpc) is 2.73. The van der Waals surface area contributed by atoms with Crippen LogP contribution in [0.1, 0.15) is 11.4 Å². The third-order valence-corrected chi connectivity index (χ3v) is 2.51. The predicted molar refractivity (Wildman–Crippen MR) is 51.2 cm³/mol. The number of nitrogens with two attached hydrogens (primary N) is 1. The van der Waals surface area contributed by atoms with E-state index in [0.29, 0.717) is 17.1 Å². The Morgan fingerprint density at radius 1 is 1.44 bits per heavy atom. The maximum absolute atomic E-state index is 12.2. The first-order valence-corrected chi connectivity index (χ1v) is 4.88. The molecule has 0 unspecified atom stereocenters. The predicted octanol–water partition coefficient (Wildman–Crippen LogP) is 1.63. The molecule has 0 radical (unpaired) electrons. The van der Waals surface area contributed by atoms with Gasteiger partial charge in [-0.3, -0.25) is 0 Å². The number of hydrogen-bond acceptors (Lipinski definition) is 5. The molecule has 2 heterocycles. The number of aromatic nitrogens is 4. The number of nitrogen functional groups attached to an aromatic ring is 1. The Hall–Kier alpha value is -1.64. The minimum atomic E-state index is -4.54. The minimum Gasteiger partial charge on any atom is -0.382 e. The lowest BCUT2D eigenvalue weighted by molar-refractivity contribution is -0.144. The second-order valence-electron chi connectivity index (χ2n) is 3.04. The number of anilines is 1. The zero-order valence-electron chi connectivity index (χ0n) is 7.99. The summed E-state index contributed by atoms with van der Waals surface area (Å²) in [7, 11) is 0. The Bertz CT molecular complexity index is 495. The van der Waals surface area contributed by atoms with Gasteiger partial charge in [-0.15, -0.1) is 5.10 Å². The van der Waals surface area contributed by atoms with E-state index in [2.05, 4.69) is 14.5 Å². The van der Waals surface area contributed by atoms with Gasteiger partial charge in [0.2, 0.25) is 11.0 Å².